The zero-order chi connectivity index (χ0) is 11.5. The topological polar surface area (TPSA) is 0 Å². The maximum absolute atomic E-state index is 2.24. The van der Waals surface area contributed by atoms with Crippen molar-refractivity contribution in [1.29, 1.82) is 0 Å². The third-order valence-corrected chi connectivity index (χ3v) is 5.26. The van der Waals surface area contributed by atoms with E-state index < -0.39 is 0 Å². The number of fused-ring (bicyclic) bond motifs is 1. The van der Waals surface area contributed by atoms with E-state index in [0.29, 0.717) is 0 Å². The molecule has 0 aliphatic heterocycles. The fraction of sp³-hybridized carbons (Fsp3) is 0.500. The Morgan fingerprint density at radius 3 is 2.59 bits per heavy atom. The Balaban J connectivity index is 1.83. The van der Waals surface area contributed by atoms with Crippen molar-refractivity contribution < 1.29 is 0 Å². The van der Waals surface area contributed by atoms with Crippen LogP contribution in [-0.4, -0.2) is 0 Å². The lowest BCUT2D eigenvalue weighted by molar-refractivity contribution is 0.399. The predicted molar refractivity (Wildman–Crippen MR) is 75.1 cm³/mol. The smallest absolute Gasteiger partial charge is 0.0119 e. The van der Waals surface area contributed by atoms with Gasteiger partial charge in [-0.3, -0.25) is 0 Å². The summed E-state index contributed by atoms with van der Waals surface area (Å²) in [6.07, 6.45) is 9.89. The SMILES string of the molecule is c1ccc(SC2=C3CCCCC3CCC2)cc1. The molecule has 1 saturated carbocycles. The van der Waals surface area contributed by atoms with Crippen molar-refractivity contribution in [1.82, 2.24) is 0 Å². The van der Waals surface area contributed by atoms with E-state index in [1.54, 1.807) is 4.91 Å². The van der Waals surface area contributed by atoms with E-state index in [1.165, 1.54) is 49.8 Å². The number of hydrogen-bond acceptors (Lipinski definition) is 1. The first kappa shape index (κ1) is 11.4. The number of rotatable bonds is 2. The van der Waals surface area contributed by atoms with Gasteiger partial charge in [0, 0.05) is 4.90 Å². The van der Waals surface area contributed by atoms with Gasteiger partial charge in [-0.15, -0.1) is 0 Å². The molecule has 1 fully saturated rings. The molecular formula is C16H20S. The molecule has 2 aliphatic rings. The first-order valence-electron chi connectivity index (χ1n) is 6.88. The molecule has 0 nitrogen and oxygen atoms in total. The molecular weight excluding hydrogens is 224 g/mol. The van der Waals surface area contributed by atoms with Crippen molar-refractivity contribution in [3.05, 3.63) is 40.8 Å². The van der Waals surface area contributed by atoms with Gasteiger partial charge in [-0.05, 0) is 61.5 Å². The largest absolute Gasteiger partial charge is 0.0946 e. The number of thioether (sulfide) groups is 1. The summed E-state index contributed by atoms with van der Waals surface area (Å²) in [5.74, 6) is 0.934. The molecule has 0 heterocycles. The minimum absolute atomic E-state index is 0.934. The van der Waals surface area contributed by atoms with Gasteiger partial charge in [0.2, 0.25) is 0 Å². The molecule has 2 aliphatic carbocycles. The summed E-state index contributed by atoms with van der Waals surface area (Å²) in [7, 11) is 0. The molecule has 1 atom stereocenters. The average molecular weight is 244 g/mol. The highest BCUT2D eigenvalue weighted by Crippen LogP contribution is 2.45. The maximum atomic E-state index is 2.24. The normalized spacial score (nSPS) is 24.6. The standard InChI is InChI=1S/C16H20S/c1-2-9-14(10-3-1)17-16-12-6-8-13-7-4-5-11-15(13)16/h1-3,9-10,13H,4-8,11-12H2. The Bertz CT molecular complexity index is 405. The number of hydrogen-bond donors (Lipinski definition) is 0. The summed E-state index contributed by atoms with van der Waals surface area (Å²) in [6.45, 7) is 0. The van der Waals surface area contributed by atoms with Gasteiger partial charge in [-0.2, -0.15) is 0 Å². The highest BCUT2D eigenvalue weighted by Gasteiger charge is 2.25. The molecule has 0 radical (unpaired) electrons. The Hall–Kier alpha value is -0.690. The second-order valence-electron chi connectivity index (χ2n) is 5.20. The summed E-state index contributed by atoms with van der Waals surface area (Å²) >= 11 is 2.03. The lowest BCUT2D eigenvalue weighted by Gasteiger charge is -2.32. The van der Waals surface area contributed by atoms with Gasteiger partial charge in [-0.25, -0.2) is 0 Å². The molecule has 0 amide bonds. The molecule has 3 rings (SSSR count). The highest BCUT2D eigenvalue weighted by atomic mass is 32.2. The third-order valence-electron chi connectivity index (χ3n) is 4.04. The highest BCUT2D eigenvalue weighted by molar-refractivity contribution is 8.03. The molecule has 1 aromatic rings. The van der Waals surface area contributed by atoms with Crippen molar-refractivity contribution >= 4 is 11.8 Å². The van der Waals surface area contributed by atoms with Crippen molar-refractivity contribution in [3.63, 3.8) is 0 Å². The van der Waals surface area contributed by atoms with Gasteiger partial charge in [0.05, 0.1) is 0 Å². The van der Waals surface area contributed by atoms with Gasteiger partial charge in [-0.1, -0.05) is 42.0 Å². The van der Waals surface area contributed by atoms with Crippen molar-refractivity contribution in [2.45, 2.75) is 49.8 Å². The summed E-state index contributed by atoms with van der Waals surface area (Å²) < 4.78 is 0. The van der Waals surface area contributed by atoms with Crippen LogP contribution in [0.25, 0.3) is 0 Å². The summed E-state index contributed by atoms with van der Waals surface area (Å²) in [4.78, 5) is 3.12. The fourth-order valence-corrected chi connectivity index (χ4v) is 4.41. The Kier molecular flexibility index (Phi) is 3.56. The van der Waals surface area contributed by atoms with Crippen LogP contribution in [0.4, 0.5) is 0 Å². The van der Waals surface area contributed by atoms with E-state index in [2.05, 4.69) is 30.3 Å². The molecule has 1 aromatic carbocycles. The third kappa shape index (κ3) is 2.60. The van der Waals surface area contributed by atoms with Crippen LogP contribution in [0.3, 0.4) is 0 Å². The lowest BCUT2D eigenvalue weighted by atomic mass is 9.78. The van der Waals surface area contributed by atoms with E-state index >= 15 is 0 Å². The second kappa shape index (κ2) is 5.30. The molecule has 0 spiro atoms. The maximum Gasteiger partial charge on any atom is 0.0119 e. The van der Waals surface area contributed by atoms with Crippen LogP contribution in [0.5, 0.6) is 0 Å². The average Bonchev–Trinajstić information content (AvgIpc) is 2.40. The van der Waals surface area contributed by atoms with Crippen LogP contribution < -0.4 is 0 Å². The van der Waals surface area contributed by atoms with E-state index in [4.69, 9.17) is 0 Å². The van der Waals surface area contributed by atoms with Crippen LogP contribution in [-0.2, 0) is 0 Å². The van der Waals surface area contributed by atoms with E-state index in [9.17, 15) is 0 Å². The minimum atomic E-state index is 0.934. The van der Waals surface area contributed by atoms with E-state index in [1.807, 2.05) is 17.3 Å². The molecule has 0 N–H and O–H groups in total. The van der Waals surface area contributed by atoms with Gasteiger partial charge in [0.1, 0.15) is 0 Å². The van der Waals surface area contributed by atoms with Crippen LogP contribution in [0, 0.1) is 5.92 Å². The van der Waals surface area contributed by atoms with Gasteiger partial charge in [0.25, 0.3) is 0 Å². The zero-order valence-electron chi connectivity index (χ0n) is 10.3. The van der Waals surface area contributed by atoms with Crippen molar-refractivity contribution in [2.24, 2.45) is 5.92 Å². The summed E-state index contributed by atoms with van der Waals surface area (Å²) in [5.41, 5.74) is 1.82. The first-order chi connectivity index (χ1) is 8.43. The minimum Gasteiger partial charge on any atom is -0.0946 e. The van der Waals surface area contributed by atoms with Gasteiger partial charge < -0.3 is 0 Å². The number of benzene rings is 1. The molecule has 17 heavy (non-hydrogen) atoms. The van der Waals surface area contributed by atoms with E-state index in [0.717, 1.165) is 5.92 Å². The fourth-order valence-electron chi connectivity index (χ4n) is 3.19. The quantitative estimate of drug-likeness (QED) is 0.670. The molecule has 90 valence electrons. The van der Waals surface area contributed by atoms with Gasteiger partial charge >= 0.3 is 0 Å². The lowest BCUT2D eigenvalue weighted by Crippen LogP contribution is -2.15. The summed E-state index contributed by atoms with van der Waals surface area (Å²) in [5, 5.41) is 0. The Morgan fingerprint density at radius 2 is 1.71 bits per heavy atom. The van der Waals surface area contributed by atoms with Crippen molar-refractivity contribution in [2.75, 3.05) is 0 Å². The Morgan fingerprint density at radius 1 is 0.882 bits per heavy atom. The summed E-state index contributed by atoms with van der Waals surface area (Å²) in [6, 6.07) is 10.9. The first-order valence-corrected chi connectivity index (χ1v) is 7.70. The number of allylic oxidation sites excluding steroid dienone is 2. The molecule has 1 heteroatoms. The second-order valence-corrected chi connectivity index (χ2v) is 6.37. The molecule has 0 saturated heterocycles. The Labute approximate surface area is 109 Å². The van der Waals surface area contributed by atoms with Crippen LogP contribution in [0.15, 0.2) is 45.7 Å². The zero-order valence-corrected chi connectivity index (χ0v) is 11.1. The van der Waals surface area contributed by atoms with Crippen LogP contribution >= 0.6 is 11.8 Å². The van der Waals surface area contributed by atoms with Crippen LogP contribution in [0.1, 0.15) is 44.9 Å². The monoisotopic (exact) mass is 244 g/mol. The molecule has 0 aromatic heterocycles. The van der Waals surface area contributed by atoms with Crippen molar-refractivity contribution in [3.8, 4) is 0 Å². The van der Waals surface area contributed by atoms with Crippen LogP contribution in [0.2, 0.25) is 0 Å². The molecule has 1 unspecified atom stereocenters. The predicted octanol–water partition coefficient (Wildman–Crippen LogP) is 5.41. The van der Waals surface area contributed by atoms with E-state index in [-0.39, 0.29) is 0 Å². The van der Waals surface area contributed by atoms with Gasteiger partial charge in [0.15, 0.2) is 0 Å². The molecule has 0 bridgehead atoms.